The van der Waals surface area contributed by atoms with Crippen LogP contribution in [0, 0.1) is 6.92 Å². The smallest absolute Gasteiger partial charge is 0.265 e. The number of carbonyl (C=O) groups excluding carboxylic acids is 2. The predicted octanol–water partition coefficient (Wildman–Crippen LogP) is 6.09. The molecule has 2 aromatic carbocycles. The van der Waals surface area contributed by atoms with Gasteiger partial charge in [-0.3, -0.25) is 9.59 Å². The maximum atomic E-state index is 12.7. The van der Waals surface area contributed by atoms with Crippen LogP contribution in [0.4, 0.5) is 11.4 Å². The standard InChI is InChI=1S/C22H21ClN2O3S2/c1-13-10-18(19(28-3)12-17(13)23)25-21(26)14(2)30-16-7-4-6-15(11-16)24-22(27)20-8-5-9-29-20/h4-12,14H,1-3H3,(H,24,27)(H,25,26). The topological polar surface area (TPSA) is 67.4 Å². The molecule has 30 heavy (non-hydrogen) atoms. The first-order chi connectivity index (χ1) is 14.4. The molecule has 5 nitrogen and oxygen atoms in total. The first-order valence-electron chi connectivity index (χ1n) is 9.14. The van der Waals surface area contributed by atoms with E-state index in [-0.39, 0.29) is 17.1 Å². The van der Waals surface area contributed by atoms with Crippen LogP contribution in [0.3, 0.4) is 0 Å². The first-order valence-corrected chi connectivity index (χ1v) is 11.3. The summed E-state index contributed by atoms with van der Waals surface area (Å²) in [7, 11) is 1.53. The van der Waals surface area contributed by atoms with Crippen LogP contribution in [0.2, 0.25) is 5.02 Å². The van der Waals surface area contributed by atoms with E-state index in [1.54, 1.807) is 18.2 Å². The molecule has 2 N–H and O–H groups in total. The lowest BCUT2D eigenvalue weighted by molar-refractivity contribution is -0.115. The molecule has 1 aromatic heterocycles. The minimum Gasteiger partial charge on any atom is -0.495 e. The van der Waals surface area contributed by atoms with E-state index in [0.29, 0.717) is 27.0 Å². The highest BCUT2D eigenvalue weighted by molar-refractivity contribution is 8.00. The Kier molecular flexibility index (Phi) is 7.42. The highest BCUT2D eigenvalue weighted by atomic mass is 35.5. The van der Waals surface area contributed by atoms with Crippen molar-refractivity contribution >= 4 is 57.9 Å². The molecule has 8 heteroatoms. The van der Waals surface area contributed by atoms with E-state index in [1.807, 2.05) is 49.6 Å². The summed E-state index contributed by atoms with van der Waals surface area (Å²) in [4.78, 5) is 26.5. The van der Waals surface area contributed by atoms with E-state index in [9.17, 15) is 9.59 Å². The zero-order chi connectivity index (χ0) is 21.7. The van der Waals surface area contributed by atoms with Gasteiger partial charge in [0.15, 0.2) is 0 Å². The highest BCUT2D eigenvalue weighted by Gasteiger charge is 2.18. The molecule has 0 saturated carbocycles. The normalized spacial score (nSPS) is 11.6. The fraction of sp³-hybridized carbons (Fsp3) is 0.182. The third-order valence-corrected chi connectivity index (χ3v) is 6.63. The molecule has 156 valence electrons. The first kappa shape index (κ1) is 22.2. The van der Waals surface area contributed by atoms with Crippen LogP contribution in [-0.4, -0.2) is 24.2 Å². The fourth-order valence-electron chi connectivity index (χ4n) is 2.67. The summed E-state index contributed by atoms with van der Waals surface area (Å²) < 4.78 is 5.32. The number of amides is 2. The van der Waals surface area contributed by atoms with Crippen molar-refractivity contribution in [3.8, 4) is 5.75 Å². The zero-order valence-corrected chi connectivity index (χ0v) is 19.1. The largest absolute Gasteiger partial charge is 0.495 e. The molecule has 1 heterocycles. The van der Waals surface area contributed by atoms with Crippen LogP contribution in [-0.2, 0) is 4.79 Å². The van der Waals surface area contributed by atoms with Crippen molar-refractivity contribution in [3.63, 3.8) is 0 Å². The van der Waals surface area contributed by atoms with Crippen molar-refractivity contribution in [3.05, 3.63) is 69.4 Å². The molecule has 3 rings (SSSR count). The van der Waals surface area contributed by atoms with Crippen LogP contribution in [0.15, 0.2) is 58.8 Å². The number of rotatable bonds is 7. The van der Waals surface area contributed by atoms with E-state index in [2.05, 4.69) is 10.6 Å². The number of anilines is 2. The van der Waals surface area contributed by atoms with Gasteiger partial charge in [-0.2, -0.15) is 0 Å². The van der Waals surface area contributed by atoms with Gasteiger partial charge in [0, 0.05) is 21.7 Å². The van der Waals surface area contributed by atoms with E-state index < -0.39 is 0 Å². The number of aryl methyl sites for hydroxylation is 1. The van der Waals surface area contributed by atoms with E-state index in [0.717, 1.165) is 10.5 Å². The number of hydrogen-bond acceptors (Lipinski definition) is 5. The predicted molar refractivity (Wildman–Crippen MR) is 125 cm³/mol. The average molecular weight is 461 g/mol. The number of nitrogens with one attached hydrogen (secondary N) is 2. The van der Waals surface area contributed by atoms with Crippen LogP contribution in [0.25, 0.3) is 0 Å². The van der Waals surface area contributed by atoms with Gasteiger partial charge in [-0.05, 0) is 55.1 Å². The van der Waals surface area contributed by atoms with E-state index >= 15 is 0 Å². The molecule has 0 saturated heterocycles. The Balaban J connectivity index is 1.66. The Morgan fingerprint density at radius 1 is 1.13 bits per heavy atom. The van der Waals surface area contributed by atoms with Crippen molar-refractivity contribution in [1.29, 1.82) is 0 Å². The maximum absolute atomic E-state index is 12.7. The molecule has 0 spiro atoms. The van der Waals surface area contributed by atoms with Gasteiger partial charge in [0.25, 0.3) is 5.91 Å². The quantitative estimate of drug-likeness (QED) is 0.418. The Hall–Kier alpha value is -2.48. The van der Waals surface area contributed by atoms with Gasteiger partial charge in [0.2, 0.25) is 5.91 Å². The van der Waals surface area contributed by atoms with Gasteiger partial charge in [-0.15, -0.1) is 23.1 Å². The maximum Gasteiger partial charge on any atom is 0.265 e. The molecule has 0 fully saturated rings. The summed E-state index contributed by atoms with van der Waals surface area (Å²) in [6, 6.07) is 14.5. The monoisotopic (exact) mass is 460 g/mol. The van der Waals surface area contributed by atoms with Crippen molar-refractivity contribution < 1.29 is 14.3 Å². The third-order valence-electron chi connectivity index (χ3n) is 4.26. The lowest BCUT2D eigenvalue weighted by Crippen LogP contribution is -2.22. The molecule has 2 amide bonds. The number of methoxy groups -OCH3 is 1. The zero-order valence-electron chi connectivity index (χ0n) is 16.7. The number of hydrogen-bond donors (Lipinski definition) is 2. The molecule has 0 aliphatic rings. The molecular formula is C22H21ClN2O3S2. The Morgan fingerprint density at radius 3 is 2.63 bits per heavy atom. The lowest BCUT2D eigenvalue weighted by Gasteiger charge is -2.16. The van der Waals surface area contributed by atoms with Crippen LogP contribution >= 0.6 is 34.7 Å². The van der Waals surface area contributed by atoms with Crippen LogP contribution < -0.4 is 15.4 Å². The minimum absolute atomic E-state index is 0.150. The molecule has 0 radical (unpaired) electrons. The van der Waals surface area contributed by atoms with Gasteiger partial charge >= 0.3 is 0 Å². The summed E-state index contributed by atoms with van der Waals surface area (Å²) >= 11 is 8.92. The van der Waals surface area contributed by atoms with Crippen LogP contribution in [0.1, 0.15) is 22.2 Å². The Labute approximate surface area is 188 Å². The van der Waals surface area contributed by atoms with Gasteiger partial charge in [0.05, 0.1) is 22.9 Å². The van der Waals surface area contributed by atoms with Crippen molar-refractivity contribution in [2.24, 2.45) is 0 Å². The van der Waals surface area contributed by atoms with Gasteiger partial charge < -0.3 is 15.4 Å². The average Bonchev–Trinajstić information content (AvgIpc) is 3.26. The number of benzene rings is 2. The molecule has 0 aliphatic carbocycles. The summed E-state index contributed by atoms with van der Waals surface area (Å²) in [5.74, 6) is 0.200. The Bertz CT molecular complexity index is 1050. The second-order valence-corrected chi connectivity index (χ2v) is 9.28. The second-order valence-electron chi connectivity index (χ2n) is 6.51. The molecule has 0 aliphatic heterocycles. The number of halogens is 1. The second kappa shape index (κ2) is 10.0. The van der Waals surface area contributed by atoms with Crippen molar-refractivity contribution in [2.45, 2.75) is 24.0 Å². The highest BCUT2D eigenvalue weighted by Crippen LogP contribution is 2.32. The van der Waals surface area contributed by atoms with E-state index in [1.165, 1.54) is 30.2 Å². The molecular weight excluding hydrogens is 440 g/mol. The summed E-state index contributed by atoms with van der Waals surface area (Å²) in [6.45, 7) is 3.69. The van der Waals surface area contributed by atoms with Gasteiger partial charge in [0.1, 0.15) is 5.75 Å². The summed E-state index contributed by atoms with van der Waals surface area (Å²) in [6.07, 6.45) is 0. The molecule has 3 aromatic rings. The molecule has 0 bridgehead atoms. The van der Waals surface area contributed by atoms with Crippen LogP contribution in [0.5, 0.6) is 5.75 Å². The minimum atomic E-state index is -0.367. The summed E-state index contributed by atoms with van der Waals surface area (Å²) in [5.41, 5.74) is 2.11. The van der Waals surface area contributed by atoms with E-state index in [4.69, 9.17) is 16.3 Å². The molecule has 1 unspecified atom stereocenters. The van der Waals surface area contributed by atoms with Crippen molar-refractivity contribution in [2.75, 3.05) is 17.7 Å². The number of thiophene rings is 1. The SMILES string of the molecule is COc1cc(Cl)c(C)cc1NC(=O)C(C)Sc1cccc(NC(=O)c2cccs2)c1. The summed E-state index contributed by atoms with van der Waals surface area (Å²) in [5, 5.41) is 7.86. The lowest BCUT2D eigenvalue weighted by atomic mass is 10.2. The van der Waals surface area contributed by atoms with Gasteiger partial charge in [-0.1, -0.05) is 23.7 Å². The fourth-order valence-corrected chi connectivity index (χ4v) is 4.37. The number of carbonyl (C=O) groups is 2. The number of ether oxygens (including phenoxy) is 1. The Morgan fingerprint density at radius 2 is 1.93 bits per heavy atom. The van der Waals surface area contributed by atoms with Crippen molar-refractivity contribution in [1.82, 2.24) is 0 Å². The third kappa shape index (κ3) is 5.56. The van der Waals surface area contributed by atoms with Gasteiger partial charge in [-0.25, -0.2) is 0 Å². The number of thioether (sulfide) groups is 1. The molecule has 1 atom stereocenters.